The minimum absolute atomic E-state index is 0.473. The molecule has 10 aromatic carbocycles. The first-order valence-electron chi connectivity index (χ1n) is 22.0. The second-order valence-electron chi connectivity index (χ2n) is 17.1. The molecule has 0 atom stereocenters. The molecule has 3 nitrogen and oxygen atoms in total. The van der Waals surface area contributed by atoms with E-state index in [2.05, 4.69) is 229 Å². The van der Waals surface area contributed by atoms with Gasteiger partial charge in [-0.1, -0.05) is 176 Å². The molecular formula is C61H37NO2. The fourth-order valence-corrected chi connectivity index (χ4v) is 11.2. The summed E-state index contributed by atoms with van der Waals surface area (Å²) >= 11 is 0. The number of hydrogen-bond acceptors (Lipinski definition) is 3. The van der Waals surface area contributed by atoms with Crippen LogP contribution in [0.1, 0.15) is 22.3 Å². The summed E-state index contributed by atoms with van der Waals surface area (Å²) in [6, 6.07) is 81.3. The van der Waals surface area contributed by atoms with Crippen molar-refractivity contribution in [3.63, 3.8) is 0 Å². The molecule has 298 valence electrons. The van der Waals surface area contributed by atoms with Crippen molar-refractivity contribution in [1.82, 2.24) is 0 Å². The lowest BCUT2D eigenvalue weighted by Crippen LogP contribution is -2.26. The highest BCUT2D eigenvalue weighted by Gasteiger charge is 2.51. The molecule has 0 bridgehead atoms. The normalized spacial score (nSPS) is 13.1. The zero-order valence-electron chi connectivity index (χ0n) is 34.6. The van der Waals surface area contributed by atoms with Gasteiger partial charge in [-0.2, -0.15) is 0 Å². The SMILES string of the molecule is c1ccc(-c2ccc(N(c3ccc4c(c3)C3(c5ccccc5-c5ccccc53)c3ccccc3-4)c3cccc4c3oc3cc5c(cc34)oc3cccc(-c4ccccc4)c35)cc2)cc1. The summed E-state index contributed by atoms with van der Waals surface area (Å²) in [5, 5.41) is 4.19. The maximum absolute atomic E-state index is 7.12. The van der Waals surface area contributed by atoms with Gasteiger partial charge in [-0.15, -0.1) is 0 Å². The first kappa shape index (κ1) is 35.2. The highest BCUT2D eigenvalue weighted by Crippen LogP contribution is 2.63. The van der Waals surface area contributed by atoms with Crippen molar-refractivity contribution in [2.45, 2.75) is 5.41 Å². The second-order valence-corrected chi connectivity index (χ2v) is 17.1. The number of benzene rings is 10. The van der Waals surface area contributed by atoms with Gasteiger partial charge in [0.25, 0.3) is 0 Å². The largest absolute Gasteiger partial charge is 0.456 e. The Balaban J connectivity index is 1.01. The Morgan fingerprint density at radius 1 is 0.312 bits per heavy atom. The first-order valence-corrected chi connectivity index (χ1v) is 22.0. The smallest absolute Gasteiger partial charge is 0.159 e. The molecule has 2 heterocycles. The fraction of sp³-hybridized carbons (Fsp3) is 0.0164. The predicted octanol–water partition coefficient (Wildman–Crippen LogP) is 16.6. The van der Waals surface area contributed by atoms with E-state index in [1.165, 1.54) is 55.6 Å². The Labute approximate surface area is 369 Å². The van der Waals surface area contributed by atoms with E-state index in [1.54, 1.807) is 0 Å². The van der Waals surface area contributed by atoms with E-state index in [1.807, 2.05) is 0 Å². The van der Waals surface area contributed by atoms with Crippen LogP contribution in [0, 0.1) is 0 Å². The number of anilines is 3. The average molecular weight is 816 g/mol. The molecule has 0 unspecified atom stereocenters. The number of hydrogen-bond donors (Lipinski definition) is 0. The standard InChI is InChI=1S/C61H37NO2/c1-3-15-38(16-4-1)39-29-31-41(32-30-39)62(42-33-34-47-46-21-9-12-26-53(46)61(54(47)35-42)51-24-10-7-19-44(51)45-20-8-11-25-52(45)61)55-27-13-23-48-49-36-58-50(37-57(49)64-60(48)55)59-43(22-14-28-56(59)63-58)40-17-5-2-6-18-40/h1-37H. The lowest BCUT2D eigenvalue weighted by molar-refractivity contribution is 0.664. The predicted molar refractivity (Wildman–Crippen MR) is 263 cm³/mol. The van der Waals surface area contributed by atoms with Gasteiger partial charge in [0.1, 0.15) is 16.7 Å². The molecule has 0 amide bonds. The second kappa shape index (κ2) is 13.3. The Hall–Kier alpha value is -8.40. The maximum atomic E-state index is 7.12. The summed E-state index contributed by atoms with van der Waals surface area (Å²) in [7, 11) is 0. The topological polar surface area (TPSA) is 29.5 Å². The van der Waals surface area contributed by atoms with Crippen LogP contribution in [0.5, 0.6) is 0 Å². The number of para-hydroxylation sites is 1. The summed E-state index contributed by atoms with van der Waals surface area (Å²) in [4.78, 5) is 2.39. The van der Waals surface area contributed by atoms with Crippen molar-refractivity contribution in [3.8, 4) is 44.5 Å². The molecule has 12 aromatic rings. The van der Waals surface area contributed by atoms with Gasteiger partial charge in [0.15, 0.2) is 5.58 Å². The quantitative estimate of drug-likeness (QED) is 0.173. The molecular weight excluding hydrogens is 779 g/mol. The summed E-state index contributed by atoms with van der Waals surface area (Å²) in [5.41, 5.74) is 21.0. The van der Waals surface area contributed by atoms with Crippen molar-refractivity contribution in [3.05, 3.63) is 247 Å². The van der Waals surface area contributed by atoms with Crippen LogP contribution in [-0.4, -0.2) is 0 Å². The molecule has 0 saturated heterocycles. The van der Waals surface area contributed by atoms with Crippen LogP contribution < -0.4 is 4.90 Å². The van der Waals surface area contributed by atoms with Gasteiger partial charge in [-0.3, -0.25) is 0 Å². The van der Waals surface area contributed by atoms with Gasteiger partial charge in [-0.25, -0.2) is 0 Å². The van der Waals surface area contributed by atoms with Crippen molar-refractivity contribution in [1.29, 1.82) is 0 Å². The van der Waals surface area contributed by atoms with E-state index >= 15 is 0 Å². The summed E-state index contributed by atoms with van der Waals surface area (Å²) in [6.45, 7) is 0. The van der Waals surface area contributed by atoms with Gasteiger partial charge < -0.3 is 13.7 Å². The van der Waals surface area contributed by atoms with Gasteiger partial charge >= 0.3 is 0 Å². The minimum Gasteiger partial charge on any atom is -0.456 e. The molecule has 0 radical (unpaired) electrons. The molecule has 0 N–H and O–H groups in total. The van der Waals surface area contributed by atoms with Crippen LogP contribution in [0.25, 0.3) is 88.4 Å². The zero-order chi connectivity index (χ0) is 41.9. The molecule has 0 fully saturated rings. The summed E-state index contributed by atoms with van der Waals surface area (Å²) in [6.07, 6.45) is 0. The Kier molecular flexibility index (Phi) is 7.32. The average Bonchev–Trinajstić information content (AvgIpc) is 4.09. The van der Waals surface area contributed by atoms with Crippen molar-refractivity contribution >= 4 is 60.9 Å². The van der Waals surface area contributed by atoms with Gasteiger partial charge in [-0.05, 0) is 115 Å². The lowest BCUT2D eigenvalue weighted by atomic mass is 9.70. The number of rotatable bonds is 5. The molecule has 3 heteroatoms. The van der Waals surface area contributed by atoms with Crippen LogP contribution in [0.3, 0.4) is 0 Å². The van der Waals surface area contributed by atoms with E-state index in [9.17, 15) is 0 Å². The fourth-order valence-electron chi connectivity index (χ4n) is 11.2. The number of fused-ring (bicyclic) bond motifs is 16. The molecule has 0 saturated carbocycles. The first-order chi connectivity index (χ1) is 31.7. The highest BCUT2D eigenvalue weighted by molar-refractivity contribution is 6.19. The molecule has 14 rings (SSSR count). The Morgan fingerprint density at radius 3 is 1.53 bits per heavy atom. The monoisotopic (exact) mass is 815 g/mol. The molecule has 1 spiro atoms. The van der Waals surface area contributed by atoms with Crippen LogP contribution in [0.15, 0.2) is 233 Å². The third-order valence-electron chi connectivity index (χ3n) is 13.9. The maximum Gasteiger partial charge on any atom is 0.159 e. The summed E-state index contributed by atoms with van der Waals surface area (Å²) < 4.78 is 13.7. The van der Waals surface area contributed by atoms with E-state index in [-0.39, 0.29) is 0 Å². The number of furan rings is 2. The van der Waals surface area contributed by atoms with Crippen LogP contribution in [0.4, 0.5) is 17.1 Å². The van der Waals surface area contributed by atoms with Crippen molar-refractivity contribution < 1.29 is 8.83 Å². The molecule has 2 aromatic heterocycles. The van der Waals surface area contributed by atoms with E-state index in [4.69, 9.17) is 8.83 Å². The van der Waals surface area contributed by atoms with Crippen LogP contribution in [0.2, 0.25) is 0 Å². The highest BCUT2D eigenvalue weighted by atomic mass is 16.3. The molecule has 2 aliphatic carbocycles. The van der Waals surface area contributed by atoms with Crippen molar-refractivity contribution in [2.24, 2.45) is 0 Å². The Bertz CT molecular complexity index is 3780. The summed E-state index contributed by atoms with van der Waals surface area (Å²) in [5.74, 6) is 0. The molecule has 64 heavy (non-hydrogen) atoms. The lowest BCUT2D eigenvalue weighted by Gasteiger charge is -2.32. The third-order valence-corrected chi connectivity index (χ3v) is 13.9. The number of nitrogens with zero attached hydrogens (tertiary/aromatic N) is 1. The Morgan fingerprint density at radius 2 is 0.844 bits per heavy atom. The van der Waals surface area contributed by atoms with Crippen LogP contribution in [-0.2, 0) is 5.41 Å². The van der Waals surface area contributed by atoms with E-state index < -0.39 is 5.41 Å². The minimum atomic E-state index is -0.473. The van der Waals surface area contributed by atoms with Crippen LogP contribution >= 0.6 is 0 Å². The van der Waals surface area contributed by atoms with E-state index in [0.29, 0.717) is 0 Å². The zero-order valence-corrected chi connectivity index (χ0v) is 34.6. The van der Waals surface area contributed by atoms with Gasteiger partial charge in [0.2, 0.25) is 0 Å². The molecule has 0 aliphatic heterocycles. The third kappa shape index (κ3) is 4.81. The molecule has 2 aliphatic rings. The van der Waals surface area contributed by atoms with E-state index in [0.717, 1.165) is 72.1 Å². The van der Waals surface area contributed by atoms with Crippen molar-refractivity contribution in [2.75, 3.05) is 4.90 Å². The van der Waals surface area contributed by atoms with Gasteiger partial charge in [0.05, 0.1) is 11.1 Å². The van der Waals surface area contributed by atoms with Gasteiger partial charge in [0, 0.05) is 32.9 Å².